The van der Waals surface area contributed by atoms with E-state index in [0.717, 1.165) is 24.3 Å². The van der Waals surface area contributed by atoms with Crippen molar-refractivity contribution in [3.05, 3.63) is 95.8 Å². The van der Waals surface area contributed by atoms with Crippen molar-refractivity contribution in [1.82, 2.24) is 15.0 Å². The largest absolute Gasteiger partial charge is 0.457 e. The second kappa shape index (κ2) is 8.69. The number of carbonyl (C=O) groups excluding carboxylic acids is 1. The zero-order valence-corrected chi connectivity index (χ0v) is 16.5. The summed E-state index contributed by atoms with van der Waals surface area (Å²) >= 11 is 0. The molecular formula is C22H13F5N4O2. The maximum Gasteiger partial charge on any atom is 0.435 e. The lowest BCUT2D eigenvalue weighted by atomic mass is 10.2. The number of amides is 1. The summed E-state index contributed by atoms with van der Waals surface area (Å²) in [6.45, 7) is 0. The van der Waals surface area contributed by atoms with Crippen LogP contribution in [0.2, 0.25) is 0 Å². The summed E-state index contributed by atoms with van der Waals surface area (Å²) in [5, 5.41) is 9.13. The van der Waals surface area contributed by atoms with Gasteiger partial charge in [-0.3, -0.25) is 4.79 Å². The summed E-state index contributed by atoms with van der Waals surface area (Å²) in [4.78, 5) is 12.5. The molecule has 0 saturated heterocycles. The minimum atomic E-state index is -4.97. The highest BCUT2D eigenvalue weighted by molar-refractivity contribution is 6.03. The summed E-state index contributed by atoms with van der Waals surface area (Å²) in [6.07, 6.45) is -4.97. The quantitative estimate of drug-likeness (QED) is 0.393. The third-order valence-corrected chi connectivity index (χ3v) is 4.37. The molecule has 11 heteroatoms. The highest BCUT2D eigenvalue weighted by atomic mass is 19.4. The van der Waals surface area contributed by atoms with Crippen molar-refractivity contribution in [1.29, 1.82) is 0 Å². The van der Waals surface area contributed by atoms with Crippen LogP contribution in [0.4, 0.5) is 27.6 Å². The lowest BCUT2D eigenvalue weighted by Crippen LogP contribution is -2.21. The summed E-state index contributed by atoms with van der Waals surface area (Å²) in [5.41, 5.74) is -2.31. The molecule has 1 heterocycles. The van der Waals surface area contributed by atoms with Crippen molar-refractivity contribution < 1.29 is 31.5 Å². The summed E-state index contributed by atoms with van der Waals surface area (Å²) in [5.74, 6) is -1.70. The molecule has 168 valence electrons. The molecule has 0 radical (unpaired) electrons. The molecule has 0 spiro atoms. The van der Waals surface area contributed by atoms with Gasteiger partial charge in [-0.05, 0) is 60.7 Å². The van der Waals surface area contributed by atoms with E-state index in [2.05, 4.69) is 15.6 Å². The molecule has 0 atom stereocenters. The van der Waals surface area contributed by atoms with Crippen molar-refractivity contribution >= 4 is 11.6 Å². The van der Waals surface area contributed by atoms with Gasteiger partial charge in [0.15, 0.2) is 11.4 Å². The van der Waals surface area contributed by atoms with E-state index in [0.29, 0.717) is 10.4 Å². The summed E-state index contributed by atoms with van der Waals surface area (Å²) in [7, 11) is 0. The molecule has 0 fully saturated rings. The first-order chi connectivity index (χ1) is 15.7. The maximum absolute atomic E-state index is 13.7. The van der Waals surface area contributed by atoms with E-state index in [1.54, 1.807) is 6.07 Å². The minimum Gasteiger partial charge on any atom is -0.457 e. The van der Waals surface area contributed by atoms with Gasteiger partial charge in [-0.15, -0.1) is 5.10 Å². The molecule has 33 heavy (non-hydrogen) atoms. The Labute approximate surface area is 183 Å². The monoisotopic (exact) mass is 460 g/mol. The third-order valence-electron chi connectivity index (χ3n) is 4.37. The molecular weight excluding hydrogens is 447 g/mol. The third kappa shape index (κ3) is 4.97. The van der Waals surface area contributed by atoms with Crippen molar-refractivity contribution in [3.63, 3.8) is 0 Å². The molecule has 1 amide bonds. The Morgan fingerprint density at radius 2 is 1.58 bits per heavy atom. The Bertz CT molecular complexity index is 1290. The SMILES string of the molecule is O=C(Nc1ccc(Oc2cccc(F)c2)cc1)c1nnn(-c2ccc(F)cc2)c1C(F)(F)F. The van der Waals surface area contributed by atoms with Crippen LogP contribution in [-0.4, -0.2) is 20.9 Å². The molecule has 0 unspecified atom stereocenters. The molecule has 4 aromatic rings. The Balaban J connectivity index is 1.55. The molecule has 0 saturated carbocycles. The maximum atomic E-state index is 13.7. The van der Waals surface area contributed by atoms with Gasteiger partial charge < -0.3 is 10.1 Å². The number of hydrogen-bond acceptors (Lipinski definition) is 4. The second-order valence-corrected chi connectivity index (χ2v) is 6.71. The Morgan fingerprint density at radius 3 is 2.21 bits per heavy atom. The number of carbonyl (C=O) groups is 1. The van der Waals surface area contributed by atoms with Gasteiger partial charge in [0.2, 0.25) is 0 Å². The zero-order valence-electron chi connectivity index (χ0n) is 16.5. The predicted octanol–water partition coefficient (Wildman–Crippen LogP) is 5.61. The first-order valence-electron chi connectivity index (χ1n) is 9.34. The number of halogens is 5. The van der Waals surface area contributed by atoms with Crippen molar-refractivity contribution in [2.45, 2.75) is 6.18 Å². The van der Waals surface area contributed by atoms with E-state index >= 15 is 0 Å². The van der Waals surface area contributed by atoms with Gasteiger partial charge in [-0.1, -0.05) is 11.3 Å². The lowest BCUT2D eigenvalue weighted by molar-refractivity contribution is -0.143. The smallest absolute Gasteiger partial charge is 0.435 e. The van der Waals surface area contributed by atoms with Gasteiger partial charge in [-0.2, -0.15) is 13.2 Å². The number of benzene rings is 3. The molecule has 0 aliphatic carbocycles. The fraction of sp³-hybridized carbons (Fsp3) is 0.0455. The van der Waals surface area contributed by atoms with Crippen molar-refractivity contribution in [2.24, 2.45) is 0 Å². The number of nitrogens with one attached hydrogen (secondary N) is 1. The average Bonchev–Trinajstić information content (AvgIpc) is 3.22. The summed E-state index contributed by atoms with van der Waals surface area (Å²) in [6, 6.07) is 15.2. The van der Waals surface area contributed by atoms with Gasteiger partial charge >= 0.3 is 6.18 Å². The topological polar surface area (TPSA) is 69.0 Å². The van der Waals surface area contributed by atoms with Crippen LogP contribution in [-0.2, 0) is 6.18 Å². The first-order valence-corrected chi connectivity index (χ1v) is 9.34. The van der Waals surface area contributed by atoms with Crippen LogP contribution in [0.1, 0.15) is 16.2 Å². The van der Waals surface area contributed by atoms with Crippen LogP contribution in [0.5, 0.6) is 11.5 Å². The van der Waals surface area contributed by atoms with E-state index in [-0.39, 0.29) is 17.1 Å². The van der Waals surface area contributed by atoms with Gasteiger partial charge in [0.25, 0.3) is 5.91 Å². The number of alkyl halides is 3. The van der Waals surface area contributed by atoms with Crippen LogP contribution in [0, 0.1) is 11.6 Å². The Hall–Kier alpha value is -4.28. The highest BCUT2D eigenvalue weighted by Gasteiger charge is 2.42. The molecule has 6 nitrogen and oxygen atoms in total. The molecule has 0 aliphatic heterocycles. The Morgan fingerprint density at radius 1 is 0.879 bits per heavy atom. The van der Waals surface area contributed by atoms with Crippen molar-refractivity contribution in [3.8, 4) is 17.2 Å². The van der Waals surface area contributed by atoms with Crippen LogP contribution >= 0.6 is 0 Å². The van der Waals surface area contributed by atoms with Crippen LogP contribution in [0.25, 0.3) is 5.69 Å². The lowest BCUT2D eigenvalue weighted by Gasteiger charge is -2.11. The Kier molecular flexibility index (Phi) is 5.78. The standard InChI is InChI=1S/C22H13F5N4O2/c23-13-4-8-16(9-5-13)31-20(22(25,26)27)19(29-30-31)21(32)28-15-6-10-17(11-7-15)33-18-3-1-2-14(24)12-18/h1-12H,(H,28,32). The summed E-state index contributed by atoms with van der Waals surface area (Å²) < 4.78 is 73.4. The zero-order chi connectivity index (χ0) is 23.6. The van der Waals surface area contributed by atoms with E-state index in [4.69, 9.17) is 4.74 Å². The number of nitrogens with zero attached hydrogens (tertiary/aromatic N) is 3. The molecule has 0 aliphatic rings. The average molecular weight is 460 g/mol. The highest BCUT2D eigenvalue weighted by Crippen LogP contribution is 2.33. The number of ether oxygens (including phenoxy) is 1. The van der Waals surface area contributed by atoms with Crippen LogP contribution in [0.15, 0.2) is 72.8 Å². The van der Waals surface area contributed by atoms with E-state index < -0.39 is 35.1 Å². The van der Waals surface area contributed by atoms with Crippen molar-refractivity contribution in [2.75, 3.05) is 5.32 Å². The van der Waals surface area contributed by atoms with Crippen LogP contribution < -0.4 is 10.1 Å². The van der Waals surface area contributed by atoms with Gasteiger partial charge in [0.1, 0.15) is 23.1 Å². The van der Waals surface area contributed by atoms with E-state index in [9.17, 15) is 26.7 Å². The molecule has 4 rings (SSSR count). The van der Waals surface area contributed by atoms with Gasteiger partial charge in [0, 0.05) is 11.8 Å². The second-order valence-electron chi connectivity index (χ2n) is 6.71. The molecule has 0 bridgehead atoms. The van der Waals surface area contributed by atoms with E-state index in [1.807, 2.05) is 0 Å². The molecule has 1 aromatic heterocycles. The molecule has 3 aromatic carbocycles. The number of anilines is 1. The van der Waals surface area contributed by atoms with Crippen LogP contribution in [0.3, 0.4) is 0 Å². The number of rotatable bonds is 5. The van der Waals surface area contributed by atoms with E-state index in [1.165, 1.54) is 42.5 Å². The fourth-order valence-electron chi connectivity index (χ4n) is 2.92. The number of hydrogen-bond donors (Lipinski definition) is 1. The minimum absolute atomic E-state index is 0.117. The fourth-order valence-corrected chi connectivity index (χ4v) is 2.92. The van der Waals surface area contributed by atoms with Gasteiger partial charge in [-0.25, -0.2) is 13.5 Å². The number of aromatic nitrogens is 3. The van der Waals surface area contributed by atoms with Gasteiger partial charge in [0.05, 0.1) is 5.69 Å². The normalized spacial score (nSPS) is 11.3. The molecule has 1 N–H and O–H groups in total. The predicted molar refractivity (Wildman–Crippen MR) is 107 cm³/mol. The first kappa shape index (κ1) is 21.9.